The minimum Gasteiger partial charge on any atom is -0.387 e. The molecule has 0 bridgehead atoms. The number of carbonyl (C=O) groups excluding carboxylic acids is 1. The van der Waals surface area contributed by atoms with Gasteiger partial charge in [0.15, 0.2) is 0 Å². The van der Waals surface area contributed by atoms with E-state index in [9.17, 15) is 14.3 Å². The first-order chi connectivity index (χ1) is 10.6. The molecule has 122 valence electrons. The van der Waals surface area contributed by atoms with E-state index >= 15 is 0 Å². The summed E-state index contributed by atoms with van der Waals surface area (Å²) < 4.78 is 13.6. The van der Waals surface area contributed by atoms with Gasteiger partial charge in [-0.05, 0) is 13.0 Å². The van der Waals surface area contributed by atoms with Crippen LogP contribution in [-0.2, 0) is 4.79 Å². The molecule has 0 saturated carbocycles. The maximum absolute atomic E-state index is 13.6. The molecule has 1 atom stereocenters. The number of amides is 1. The van der Waals surface area contributed by atoms with Gasteiger partial charge in [0, 0.05) is 44.8 Å². The number of hydrogen-bond donors (Lipinski definition) is 2. The number of carbonyl (C=O) groups is 1. The third-order valence-electron chi connectivity index (χ3n) is 3.90. The van der Waals surface area contributed by atoms with Gasteiger partial charge in [-0.15, -0.1) is 0 Å². The predicted molar refractivity (Wildman–Crippen MR) is 82.9 cm³/mol. The van der Waals surface area contributed by atoms with E-state index in [-0.39, 0.29) is 11.7 Å². The molecule has 1 unspecified atom stereocenters. The SMILES string of the molecule is CCNC(=O)CN1CCN(CC(O)c2ccccc2F)CC1. The van der Waals surface area contributed by atoms with E-state index in [1.54, 1.807) is 18.2 Å². The third kappa shape index (κ3) is 4.76. The molecular weight excluding hydrogens is 285 g/mol. The number of hydrogen-bond acceptors (Lipinski definition) is 4. The second kappa shape index (κ2) is 8.22. The lowest BCUT2D eigenvalue weighted by atomic mass is 10.1. The van der Waals surface area contributed by atoms with Crippen molar-refractivity contribution in [3.05, 3.63) is 35.6 Å². The number of likely N-dealkylation sites (N-methyl/N-ethyl adjacent to an activating group) is 1. The Balaban J connectivity index is 1.78. The molecule has 1 heterocycles. The fourth-order valence-corrected chi connectivity index (χ4v) is 2.67. The van der Waals surface area contributed by atoms with Gasteiger partial charge in [-0.1, -0.05) is 18.2 Å². The van der Waals surface area contributed by atoms with Gasteiger partial charge in [-0.2, -0.15) is 0 Å². The Hall–Kier alpha value is -1.50. The van der Waals surface area contributed by atoms with Crippen LogP contribution in [0.2, 0.25) is 0 Å². The molecule has 0 aliphatic carbocycles. The topological polar surface area (TPSA) is 55.8 Å². The molecule has 0 spiro atoms. The summed E-state index contributed by atoms with van der Waals surface area (Å²) in [6.45, 7) is 6.47. The number of halogens is 1. The normalized spacial score (nSPS) is 18.1. The van der Waals surface area contributed by atoms with Gasteiger partial charge >= 0.3 is 0 Å². The van der Waals surface area contributed by atoms with Gasteiger partial charge in [0.05, 0.1) is 12.6 Å². The Bertz CT molecular complexity index is 490. The molecule has 1 aromatic rings. The van der Waals surface area contributed by atoms with Crippen LogP contribution in [0, 0.1) is 5.82 Å². The highest BCUT2D eigenvalue weighted by Gasteiger charge is 2.22. The first-order valence-corrected chi connectivity index (χ1v) is 7.74. The number of aliphatic hydroxyl groups is 1. The highest BCUT2D eigenvalue weighted by Crippen LogP contribution is 2.18. The Kier molecular flexibility index (Phi) is 6.30. The first-order valence-electron chi connectivity index (χ1n) is 7.74. The van der Waals surface area contributed by atoms with Crippen LogP contribution in [0.4, 0.5) is 4.39 Å². The van der Waals surface area contributed by atoms with Gasteiger partial charge in [-0.25, -0.2) is 4.39 Å². The van der Waals surface area contributed by atoms with Crippen LogP contribution in [-0.4, -0.2) is 66.6 Å². The first kappa shape index (κ1) is 16.9. The second-order valence-corrected chi connectivity index (χ2v) is 5.57. The molecule has 2 N–H and O–H groups in total. The Morgan fingerprint density at radius 3 is 2.55 bits per heavy atom. The molecule has 1 saturated heterocycles. The highest BCUT2D eigenvalue weighted by molar-refractivity contribution is 5.77. The summed E-state index contributed by atoms with van der Waals surface area (Å²) in [6, 6.07) is 6.33. The molecule has 1 aliphatic rings. The van der Waals surface area contributed by atoms with Crippen LogP contribution in [0.25, 0.3) is 0 Å². The van der Waals surface area contributed by atoms with Gasteiger partial charge in [-0.3, -0.25) is 14.6 Å². The monoisotopic (exact) mass is 309 g/mol. The minimum absolute atomic E-state index is 0.0438. The summed E-state index contributed by atoms with van der Waals surface area (Å²) in [7, 11) is 0. The zero-order valence-electron chi connectivity index (χ0n) is 13.0. The quantitative estimate of drug-likeness (QED) is 0.808. The van der Waals surface area contributed by atoms with Gasteiger partial charge in [0.2, 0.25) is 5.91 Å². The zero-order valence-corrected chi connectivity index (χ0v) is 13.0. The molecule has 1 fully saturated rings. The maximum Gasteiger partial charge on any atom is 0.234 e. The fourth-order valence-electron chi connectivity index (χ4n) is 2.67. The molecule has 0 radical (unpaired) electrons. The van der Waals surface area contributed by atoms with Crippen molar-refractivity contribution in [2.75, 3.05) is 45.8 Å². The Morgan fingerprint density at radius 2 is 1.91 bits per heavy atom. The van der Waals surface area contributed by atoms with Crippen LogP contribution >= 0.6 is 0 Å². The van der Waals surface area contributed by atoms with Crippen LogP contribution in [0.15, 0.2) is 24.3 Å². The number of nitrogens with one attached hydrogen (secondary N) is 1. The lowest BCUT2D eigenvalue weighted by molar-refractivity contribution is -0.122. The van der Waals surface area contributed by atoms with Crippen molar-refractivity contribution >= 4 is 5.91 Å². The third-order valence-corrected chi connectivity index (χ3v) is 3.90. The van der Waals surface area contributed by atoms with Gasteiger partial charge < -0.3 is 10.4 Å². The molecule has 22 heavy (non-hydrogen) atoms. The fraction of sp³-hybridized carbons (Fsp3) is 0.562. The van der Waals surface area contributed by atoms with E-state index in [0.717, 1.165) is 26.2 Å². The van der Waals surface area contributed by atoms with Crippen molar-refractivity contribution < 1.29 is 14.3 Å². The smallest absolute Gasteiger partial charge is 0.234 e. The molecular formula is C16H24FN3O2. The number of nitrogens with zero attached hydrogens (tertiary/aromatic N) is 2. The van der Waals surface area contributed by atoms with Crippen molar-refractivity contribution in [2.45, 2.75) is 13.0 Å². The van der Waals surface area contributed by atoms with Crippen molar-refractivity contribution in [3.8, 4) is 0 Å². The zero-order chi connectivity index (χ0) is 15.9. The minimum atomic E-state index is -0.823. The Labute approximate surface area is 130 Å². The number of piperazine rings is 1. The molecule has 6 heteroatoms. The van der Waals surface area contributed by atoms with Crippen LogP contribution in [0.1, 0.15) is 18.6 Å². The Morgan fingerprint density at radius 1 is 1.27 bits per heavy atom. The summed E-state index contributed by atoms with van der Waals surface area (Å²) in [5, 5.41) is 13.0. The lowest BCUT2D eigenvalue weighted by Gasteiger charge is -2.35. The van der Waals surface area contributed by atoms with Crippen LogP contribution in [0.5, 0.6) is 0 Å². The summed E-state index contributed by atoms with van der Waals surface area (Å²) in [6.07, 6.45) is -0.823. The van der Waals surface area contributed by atoms with E-state index in [0.29, 0.717) is 25.2 Å². The predicted octanol–water partition coefficient (Wildman–Crippen LogP) is 0.613. The maximum atomic E-state index is 13.6. The number of aliphatic hydroxyl groups excluding tert-OH is 1. The van der Waals surface area contributed by atoms with Gasteiger partial charge in [0.25, 0.3) is 0 Å². The van der Waals surface area contributed by atoms with Crippen LogP contribution in [0.3, 0.4) is 0 Å². The molecule has 0 aromatic heterocycles. The summed E-state index contributed by atoms with van der Waals surface area (Å²) in [4.78, 5) is 15.7. The largest absolute Gasteiger partial charge is 0.387 e. The summed E-state index contributed by atoms with van der Waals surface area (Å²) in [5.41, 5.74) is 0.340. The average Bonchev–Trinajstić information content (AvgIpc) is 2.50. The van der Waals surface area contributed by atoms with Crippen molar-refractivity contribution in [3.63, 3.8) is 0 Å². The van der Waals surface area contributed by atoms with Crippen molar-refractivity contribution in [2.24, 2.45) is 0 Å². The molecule has 5 nitrogen and oxygen atoms in total. The average molecular weight is 309 g/mol. The van der Waals surface area contributed by atoms with E-state index in [4.69, 9.17) is 0 Å². The van der Waals surface area contributed by atoms with Crippen molar-refractivity contribution in [1.82, 2.24) is 15.1 Å². The molecule has 1 amide bonds. The number of β-amino-alcohol motifs (C(OH)–C–C–N with tert-alkyl or cyclic N) is 1. The number of rotatable bonds is 6. The van der Waals surface area contributed by atoms with E-state index < -0.39 is 6.10 Å². The second-order valence-electron chi connectivity index (χ2n) is 5.57. The number of benzene rings is 1. The lowest BCUT2D eigenvalue weighted by Crippen LogP contribution is -2.50. The molecule has 1 aromatic carbocycles. The van der Waals surface area contributed by atoms with Crippen LogP contribution < -0.4 is 5.32 Å². The highest BCUT2D eigenvalue weighted by atomic mass is 19.1. The molecule has 1 aliphatic heterocycles. The van der Waals surface area contributed by atoms with Gasteiger partial charge in [0.1, 0.15) is 5.82 Å². The standard InChI is InChI=1S/C16H24FN3O2/c1-2-18-16(22)12-20-9-7-19(8-10-20)11-15(21)13-5-3-4-6-14(13)17/h3-6,15,21H,2,7-12H2,1H3,(H,18,22). The van der Waals surface area contributed by atoms with E-state index in [2.05, 4.69) is 15.1 Å². The summed E-state index contributed by atoms with van der Waals surface area (Å²) in [5.74, 6) is -0.327. The molecule has 2 rings (SSSR count). The van der Waals surface area contributed by atoms with E-state index in [1.165, 1.54) is 6.07 Å². The van der Waals surface area contributed by atoms with E-state index in [1.807, 2.05) is 6.92 Å². The summed E-state index contributed by atoms with van der Waals surface area (Å²) >= 11 is 0. The van der Waals surface area contributed by atoms with Crippen molar-refractivity contribution in [1.29, 1.82) is 0 Å².